The van der Waals surface area contributed by atoms with Crippen molar-refractivity contribution >= 4 is 11.6 Å². The van der Waals surface area contributed by atoms with Crippen molar-refractivity contribution in [1.82, 2.24) is 4.90 Å². The van der Waals surface area contributed by atoms with Gasteiger partial charge in [0.25, 0.3) is 0 Å². The smallest absolute Gasteiger partial charge is 0.238 e. The zero-order chi connectivity index (χ0) is 13.2. The normalized spacial score (nSPS) is 26.4. The molecule has 1 aliphatic heterocycles. The van der Waals surface area contributed by atoms with E-state index in [0.29, 0.717) is 6.54 Å². The second-order valence-electron chi connectivity index (χ2n) is 6.06. The van der Waals surface area contributed by atoms with E-state index in [2.05, 4.69) is 17.1 Å². The van der Waals surface area contributed by atoms with E-state index in [9.17, 15) is 4.79 Å². The Morgan fingerprint density at radius 1 is 1.21 bits per heavy atom. The average molecular weight is 258 g/mol. The summed E-state index contributed by atoms with van der Waals surface area (Å²) >= 11 is 0. The first-order valence-corrected chi connectivity index (χ1v) is 7.29. The lowest BCUT2D eigenvalue weighted by atomic mass is 10.0. The lowest BCUT2D eigenvalue weighted by Gasteiger charge is -2.16. The lowest BCUT2D eigenvalue weighted by molar-refractivity contribution is -0.117. The number of aryl methyl sites for hydroxylation is 1. The molecular weight excluding hydrogens is 236 g/mol. The molecule has 3 heteroatoms. The highest BCUT2D eigenvalue weighted by Crippen LogP contribution is 2.37. The van der Waals surface area contributed by atoms with Crippen LogP contribution in [0.1, 0.15) is 24.8 Å². The number of likely N-dealkylation sites (tertiary alicyclic amines) is 1. The minimum absolute atomic E-state index is 0.115. The first kappa shape index (κ1) is 12.7. The van der Waals surface area contributed by atoms with Crippen molar-refractivity contribution in [3.63, 3.8) is 0 Å². The summed E-state index contributed by atoms with van der Waals surface area (Å²) in [7, 11) is 0. The number of nitrogens with zero attached hydrogens (tertiary/aromatic N) is 1. The molecule has 1 heterocycles. The SMILES string of the molecule is Cc1ccc(NC(=O)CN2CC3CCCC3C2)cc1. The van der Waals surface area contributed by atoms with E-state index in [-0.39, 0.29) is 5.91 Å². The molecule has 1 amide bonds. The molecule has 1 N–H and O–H groups in total. The summed E-state index contributed by atoms with van der Waals surface area (Å²) in [5.74, 6) is 1.82. The molecule has 3 nitrogen and oxygen atoms in total. The third-order valence-corrected chi connectivity index (χ3v) is 4.50. The van der Waals surface area contributed by atoms with Crippen LogP contribution < -0.4 is 5.32 Å². The zero-order valence-electron chi connectivity index (χ0n) is 11.6. The van der Waals surface area contributed by atoms with Crippen molar-refractivity contribution in [2.45, 2.75) is 26.2 Å². The summed E-state index contributed by atoms with van der Waals surface area (Å²) in [6.07, 6.45) is 4.11. The number of carbonyl (C=O) groups is 1. The largest absolute Gasteiger partial charge is 0.325 e. The topological polar surface area (TPSA) is 32.3 Å². The predicted octanol–water partition coefficient (Wildman–Crippen LogP) is 2.67. The van der Waals surface area contributed by atoms with E-state index < -0.39 is 0 Å². The molecule has 0 bridgehead atoms. The van der Waals surface area contributed by atoms with Crippen LogP contribution in [-0.4, -0.2) is 30.4 Å². The molecule has 1 saturated heterocycles. The number of amides is 1. The van der Waals surface area contributed by atoms with Gasteiger partial charge in [-0.15, -0.1) is 0 Å². The first-order chi connectivity index (χ1) is 9.20. The maximum absolute atomic E-state index is 12.0. The molecule has 1 saturated carbocycles. The molecular formula is C16H22N2O. The van der Waals surface area contributed by atoms with Crippen LogP contribution in [-0.2, 0) is 4.79 Å². The fraction of sp³-hybridized carbons (Fsp3) is 0.562. The van der Waals surface area contributed by atoms with E-state index in [1.54, 1.807) is 0 Å². The summed E-state index contributed by atoms with van der Waals surface area (Å²) < 4.78 is 0. The minimum Gasteiger partial charge on any atom is -0.325 e. The monoisotopic (exact) mass is 258 g/mol. The fourth-order valence-corrected chi connectivity index (χ4v) is 3.50. The Bertz CT molecular complexity index is 442. The molecule has 2 unspecified atom stereocenters. The molecule has 1 aromatic rings. The van der Waals surface area contributed by atoms with Crippen LogP contribution in [0.3, 0.4) is 0 Å². The molecule has 1 aliphatic carbocycles. The highest BCUT2D eigenvalue weighted by atomic mass is 16.2. The number of hydrogen-bond donors (Lipinski definition) is 1. The Hall–Kier alpha value is -1.35. The zero-order valence-corrected chi connectivity index (χ0v) is 11.6. The van der Waals surface area contributed by atoms with Crippen molar-refractivity contribution in [1.29, 1.82) is 0 Å². The van der Waals surface area contributed by atoms with Gasteiger partial charge in [0.05, 0.1) is 6.54 Å². The van der Waals surface area contributed by atoms with Gasteiger partial charge in [-0.2, -0.15) is 0 Å². The molecule has 2 fully saturated rings. The van der Waals surface area contributed by atoms with Gasteiger partial charge in [0.2, 0.25) is 5.91 Å². The number of hydrogen-bond acceptors (Lipinski definition) is 2. The highest BCUT2D eigenvalue weighted by molar-refractivity contribution is 5.92. The van der Waals surface area contributed by atoms with E-state index in [4.69, 9.17) is 0 Å². The second-order valence-corrected chi connectivity index (χ2v) is 6.06. The van der Waals surface area contributed by atoms with Crippen molar-refractivity contribution < 1.29 is 4.79 Å². The Morgan fingerprint density at radius 3 is 2.47 bits per heavy atom. The number of carbonyl (C=O) groups excluding carboxylic acids is 1. The summed E-state index contributed by atoms with van der Waals surface area (Å²) in [6.45, 7) is 4.83. The van der Waals surface area contributed by atoms with Gasteiger partial charge in [0.15, 0.2) is 0 Å². The predicted molar refractivity (Wildman–Crippen MR) is 77.1 cm³/mol. The Morgan fingerprint density at radius 2 is 1.84 bits per heavy atom. The van der Waals surface area contributed by atoms with Gasteiger partial charge in [0.1, 0.15) is 0 Å². The Labute approximate surface area is 115 Å². The molecule has 0 spiro atoms. The van der Waals surface area contributed by atoms with Crippen LogP contribution in [0.15, 0.2) is 24.3 Å². The van der Waals surface area contributed by atoms with Gasteiger partial charge in [0, 0.05) is 18.8 Å². The number of rotatable bonds is 3. The molecule has 1 aromatic carbocycles. The molecule has 0 aromatic heterocycles. The number of nitrogens with one attached hydrogen (secondary N) is 1. The molecule has 3 rings (SSSR count). The van der Waals surface area contributed by atoms with Crippen molar-refractivity contribution in [3.05, 3.63) is 29.8 Å². The Balaban J connectivity index is 1.50. The summed E-state index contributed by atoms with van der Waals surface area (Å²) in [5, 5.41) is 2.98. The van der Waals surface area contributed by atoms with E-state index in [0.717, 1.165) is 30.6 Å². The molecule has 2 atom stereocenters. The molecule has 19 heavy (non-hydrogen) atoms. The average Bonchev–Trinajstić information content (AvgIpc) is 2.92. The summed E-state index contributed by atoms with van der Waals surface area (Å²) in [4.78, 5) is 14.3. The van der Waals surface area contributed by atoms with Gasteiger partial charge in [-0.3, -0.25) is 9.69 Å². The minimum atomic E-state index is 0.115. The van der Waals surface area contributed by atoms with Crippen LogP contribution >= 0.6 is 0 Å². The Kier molecular flexibility index (Phi) is 3.56. The number of anilines is 1. The molecule has 102 valence electrons. The third kappa shape index (κ3) is 2.98. The van der Waals surface area contributed by atoms with Gasteiger partial charge in [-0.05, 0) is 43.7 Å². The van der Waals surface area contributed by atoms with Crippen LogP contribution in [0.2, 0.25) is 0 Å². The highest BCUT2D eigenvalue weighted by Gasteiger charge is 2.36. The summed E-state index contributed by atoms with van der Waals surface area (Å²) in [5.41, 5.74) is 2.11. The second kappa shape index (κ2) is 5.33. The fourth-order valence-electron chi connectivity index (χ4n) is 3.50. The van der Waals surface area contributed by atoms with Crippen LogP contribution in [0, 0.1) is 18.8 Å². The van der Waals surface area contributed by atoms with Gasteiger partial charge in [-0.1, -0.05) is 24.1 Å². The van der Waals surface area contributed by atoms with Crippen LogP contribution in [0.4, 0.5) is 5.69 Å². The van der Waals surface area contributed by atoms with E-state index in [1.165, 1.54) is 24.8 Å². The third-order valence-electron chi connectivity index (χ3n) is 4.50. The summed E-state index contributed by atoms with van der Waals surface area (Å²) in [6, 6.07) is 7.98. The van der Waals surface area contributed by atoms with Gasteiger partial charge >= 0.3 is 0 Å². The standard InChI is InChI=1S/C16H22N2O/c1-12-5-7-15(8-6-12)17-16(19)11-18-9-13-3-2-4-14(13)10-18/h5-8,13-14H,2-4,9-11H2,1H3,(H,17,19). The van der Waals surface area contributed by atoms with Gasteiger partial charge in [-0.25, -0.2) is 0 Å². The first-order valence-electron chi connectivity index (χ1n) is 7.29. The number of benzene rings is 1. The number of fused-ring (bicyclic) bond motifs is 1. The van der Waals surface area contributed by atoms with Crippen LogP contribution in [0.25, 0.3) is 0 Å². The molecule has 2 aliphatic rings. The maximum Gasteiger partial charge on any atom is 0.238 e. The van der Waals surface area contributed by atoms with Crippen molar-refractivity contribution in [2.24, 2.45) is 11.8 Å². The van der Waals surface area contributed by atoms with E-state index in [1.807, 2.05) is 24.3 Å². The quantitative estimate of drug-likeness (QED) is 0.904. The van der Waals surface area contributed by atoms with Crippen molar-refractivity contribution in [3.8, 4) is 0 Å². The van der Waals surface area contributed by atoms with Gasteiger partial charge < -0.3 is 5.32 Å². The molecule has 0 radical (unpaired) electrons. The van der Waals surface area contributed by atoms with Crippen molar-refractivity contribution in [2.75, 3.05) is 25.0 Å². The van der Waals surface area contributed by atoms with Crippen LogP contribution in [0.5, 0.6) is 0 Å². The lowest BCUT2D eigenvalue weighted by Crippen LogP contribution is -2.32. The van der Waals surface area contributed by atoms with E-state index >= 15 is 0 Å². The maximum atomic E-state index is 12.0.